The van der Waals surface area contributed by atoms with E-state index in [1.165, 1.54) is 12.8 Å². The largest absolute Gasteiger partial charge is 1.00 e. The molecular formula is C20H28KN3O. The zero-order valence-electron chi connectivity index (χ0n) is 16.0. The molecule has 1 saturated carbocycles. The molecule has 0 saturated heterocycles. The van der Waals surface area contributed by atoms with Crippen LogP contribution in [-0.2, 0) is 0 Å². The molecule has 2 aromatic carbocycles. The minimum Gasteiger partial charge on any atom is -0.682 e. The van der Waals surface area contributed by atoms with Gasteiger partial charge < -0.3 is 21.2 Å². The Bertz CT molecular complexity index is 625. The zero-order valence-corrected chi connectivity index (χ0v) is 19.2. The number of hydrogen-bond donors (Lipinski definition) is 2. The number of nitrogen functional groups attached to an aromatic ring is 1. The average molecular weight is 366 g/mol. The topological polar surface area (TPSA) is 73.2 Å². The van der Waals surface area contributed by atoms with Gasteiger partial charge in [-0.25, -0.2) is 0 Å². The third-order valence-electron chi connectivity index (χ3n) is 3.32. The number of para-hydroxylation sites is 1. The summed E-state index contributed by atoms with van der Waals surface area (Å²) in [4.78, 5) is 0. The maximum atomic E-state index is 7.30. The number of nitrogens with zero attached hydrogens (tertiary/aromatic N) is 1. The summed E-state index contributed by atoms with van der Waals surface area (Å²) in [6.07, 6.45) is 2.51. The number of nitrogens with two attached hydrogens (primary N) is 1. The Labute approximate surface area is 194 Å². The molecule has 1 fully saturated rings. The van der Waals surface area contributed by atoms with E-state index in [9.17, 15) is 0 Å². The van der Waals surface area contributed by atoms with E-state index in [1.54, 1.807) is 20.1 Å². The zero-order chi connectivity index (χ0) is 17.9. The van der Waals surface area contributed by atoms with Gasteiger partial charge in [0.2, 0.25) is 0 Å². The first kappa shape index (κ1) is 24.1. The van der Waals surface area contributed by atoms with Gasteiger partial charge in [0, 0.05) is 17.0 Å². The number of methoxy groups -OCH3 is 1. The third-order valence-corrected chi connectivity index (χ3v) is 3.32. The molecule has 2 aromatic rings. The van der Waals surface area contributed by atoms with E-state index in [2.05, 4.69) is 5.32 Å². The Morgan fingerprint density at radius 2 is 1.64 bits per heavy atom. The first-order valence-corrected chi connectivity index (χ1v) is 8.35. The van der Waals surface area contributed by atoms with Crippen LogP contribution in [0.2, 0.25) is 0 Å². The number of hydrogen-bond acceptors (Lipinski definition) is 3. The fourth-order valence-corrected chi connectivity index (χ4v) is 1.92. The number of benzene rings is 2. The SMILES string of the molecule is CC.CC(=N)c1ccccc1N.COc1ccc([N-]C2CC2)cc1.[K+]. The van der Waals surface area contributed by atoms with Crippen molar-refractivity contribution in [2.75, 3.05) is 12.8 Å². The van der Waals surface area contributed by atoms with Gasteiger partial charge in [-0.1, -0.05) is 57.0 Å². The van der Waals surface area contributed by atoms with E-state index in [4.69, 9.17) is 15.9 Å². The summed E-state index contributed by atoms with van der Waals surface area (Å²) in [5.41, 5.74) is 8.66. The monoisotopic (exact) mass is 365 g/mol. The summed E-state index contributed by atoms with van der Waals surface area (Å²) in [6.45, 7) is 5.73. The summed E-state index contributed by atoms with van der Waals surface area (Å²) < 4.78 is 5.05. The van der Waals surface area contributed by atoms with Crippen molar-refractivity contribution in [3.63, 3.8) is 0 Å². The predicted octanol–water partition coefficient (Wildman–Crippen LogP) is 2.55. The summed E-state index contributed by atoms with van der Waals surface area (Å²) >= 11 is 0. The van der Waals surface area contributed by atoms with E-state index in [1.807, 2.05) is 56.3 Å². The molecule has 1 aliphatic rings. The Morgan fingerprint density at radius 3 is 2.04 bits per heavy atom. The molecule has 130 valence electrons. The number of rotatable bonds is 4. The van der Waals surface area contributed by atoms with Crippen LogP contribution < -0.4 is 61.9 Å². The standard InChI is InChI=1S/C10H12NO.C8H10N2.C2H6.K/c1-12-10-6-4-9(5-7-10)11-8-2-3-8;1-6(9)7-4-2-3-5-8(7)10;1-2;/h4-8H,2-3H2,1H3;2-5,9H,10H2,1H3;1-2H3;/q-1;;;+1. The van der Waals surface area contributed by atoms with Gasteiger partial charge >= 0.3 is 51.4 Å². The van der Waals surface area contributed by atoms with Crippen LogP contribution in [0.1, 0.15) is 39.2 Å². The average Bonchev–Trinajstić information content (AvgIpc) is 3.42. The molecule has 3 N–H and O–H groups in total. The second kappa shape index (κ2) is 13.4. The molecule has 5 heteroatoms. The molecule has 1 aliphatic carbocycles. The van der Waals surface area contributed by atoms with Crippen molar-refractivity contribution in [1.29, 1.82) is 5.41 Å². The summed E-state index contributed by atoms with van der Waals surface area (Å²) in [5, 5.41) is 11.8. The quantitative estimate of drug-likeness (QED) is 0.496. The predicted molar refractivity (Wildman–Crippen MR) is 104 cm³/mol. The molecule has 0 aromatic heterocycles. The molecule has 0 atom stereocenters. The van der Waals surface area contributed by atoms with E-state index in [0.29, 0.717) is 17.4 Å². The first-order chi connectivity index (χ1) is 11.6. The van der Waals surface area contributed by atoms with Gasteiger partial charge in [-0.3, -0.25) is 0 Å². The van der Waals surface area contributed by atoms with Crippen molar-refractivity contribution in [3.05, 3.63) is 59.4 Å². The minimum absolute atomic E-state index is 0. The van der Waals surface area contributed by atoms with Crippen molar-refractivity contribution in [2.24, 2.45) is 0 Å². The third kappa shape index (κ3) is 9.42. The van der Waals surface area contributed by atoms with E-state index < -0.39 is 0 Å². The van der Waals surface area contributed by atoms with Crippen LogP contribution in [0.15, 0.2) is 48.5 Å². The maximum absolute atomic E-state index is 7.30. The summed E-state index contributed by atoms with van der Waals surface area (Å²) in [5.74, 6) is 0.893. The molecule has 0 amide bonds. The molecule has 0 bridgehead atoms. The van der Waals surface area contributed by atoms with Gasteiger partial charge in [0.1, 0.15) is 5.75 Å². The van der Waals surface area contributed by atoms with Gasteiger partial charge in [0.15, 0.2) is 0 Å². The van der Waals surface area contributed by atoms with Crippen LogP contribution in [0.25, 0.3) is 5.32 Å². The van der Waals surface area contributed by atoms with Gasteiger partial charge in [-0.2, -0.15) is 0 Å². The van der Waals surface area contributed by atoms with Crippen LogP contribution in [0.5, 0.6) is 5.75 Å². The second-order valence-corrected chi connectivity index (χ2v) is 5.27. The van der Waals surface area contributed by atoms with Gasteiger partial charge in [-0.05, 0) is 25.1 Å². The fraction of sp³-hybridized carbons (Fsp3) is 0.350. The molecule has 3 rings (SSSR count). The van der Waals surface area contributed by atoms with Crippen LogP contribution in [0.3, 0.4) is 0 Å². The molecule has 0 unspecified atom stereocenters. The Kier molecular flexibility index (Phi) is 12.9. The molecule has 4 nitrogen and oxygen atoms in total. The first-order valence-electron chi connectivity index (χ1n) is 8.35. The number of ether oxygens (including phenoxy) is 1. The molecule has 0 aliphatic heterocycles. The number of nitrogens with one attached hydrogen (secondary N) is 1. The van der Waals surface area contributed by atoms with Gasteiger partial charge in [0.05, 0.1) is 7.11 Å². The van der Waals surface area contributed by atoms with Crippen molar-refractivity contribution in [2.45, 2.75) is 39.7 Å². The minimum atomic E-state index is 0. The van der Waals surface area contributed by atoms with Crippen LogP contribution >= 0.6 is 0 Å². The molecule has 0 heterocycles. The maximum Gasteiger partial charge on any atom is 1.00 e. The van der Waals surface area contributed by atoms with Crippen LogP contribution in [0, 0.1) is 5.41 Å². The fourth-order valence-electron chi connectivity index (χ4n) is 1.92. The second-order valence-electron chi connectivity index (χ2n) is 5.27. The van der Waals surface area contributed by atoms with Crippen molar-refractivity contribution in [3.8, 4) is 5.75 Å². The Balaban J connectivity index is 0.000000410. The van der Waals surface area contributed by atoms with Crippen LogP contribution in [-0.4, -0.2) is 18.9 Å². The van der Waals surface area contributed by atoms with E-state index in [-0.39, 0.29) is 51.4 Å². The molecule has 0 spiro atoms. The number of anilines is 1. The summed E-state index contributed by atoms with van der Waals surface area (Å²) in [7, 11) is 1.67. The van der Waals surface area contributed by atoms with Crippen LogP contribution in [0.4, 0.5) is 11.4 Å². The smallest absolute Gasteiger partial charge is 0.682 e. The van der Waals surface area contributed by atoms with E-state index in [0.717, 1.165) is 17.0 Å². The van der Waals surface area contributed by atoms with Gasteiger partial charge in [0.25, 0.3) is 0 Å². The Morgan fingerprint density at radius 1 is 1.08 bits per heavy atom. The van der Waals surface area contributed by atoms with Gasteiger partial charge in [-0.15, -0.1) is 11.7 Å². The molecular weight excluding hydrogens is 337 g/mol. The van der Waals surface area contributed by atoms with E-state index >= 15 is 0 Å². The van der Waals surface area contributed by atoms with Crippen molar-refractivity contribution in [1.82, 2.24) is 0 Å². The van der Waals surface area contributed by atoms with Crippen molar-refractivity contribution >= 4 is 17.1 Å². The summed E-state index contributed by atoms with van der Waals surface area (Å²) in [6, 6.07) is 15.9. The Hall–Kier alpha value is -0.854. The molecule has 25 heavy (non-hydrogen) atoms. The normalized spacial score (nSPS) is 11.5. The molecule has 0 radical (unpaired) electrons. The van der Waals surface area contributed by atoms with Crippen molar-refractivity contribution < 1.29 is 56.1 Å².